The largest absolute Gasteiger partial charge is 0.303 e. The minimum Gasteiger partial charge on any atom is -0.303 e. The molecule has 1 unspecified atom stereocenters. The van der Waals surface area contributed by atoms with E-state index in [9.17, 15) is 0 Å². The van der Waals surface area contributed by atoms with Crippen LogP contribution >= 0.6 is 7.92 Å². The van der Waals surface area contributed by atoms with E-state index in [2.05, 4.69) is 78.6 Å². The van der Waals surface area contributed by atoms with Crippen molar-refractivity contribution in [2.75, 3.05) is 14.1 Å². The number of hydrazone groups is 1. The maximum atomic E-state index is 5.68. The van der Waals surface area contributed by atoms with Gasteiger partial charge in [0.25, 0.3) is 0 Å². The number of nitrogens with zero attached hydrogens (tertiary/aromatic N) is 2. The Morgan fingerprint density at radius 2 is 1.52 bits per heavy atom. The highest BCUT2D eigenvalue weighted by molar-refractivity contribution is 7.74. The highest BCUT2D eigenvalue weighted by Crippen LogP contribution is 2.41. The molecule has 0 N–H and O–H groups in total. The summed E-state index contributed by atoms with van der Waals surface area (Å²) in [6.45, 7) is 2.09. The first-order valence-electron chi connectivity index (χ1n) is 7.68. The smallest absolute Gasteiger partial charge is 0.0439 e. The molecule has 2 nitrogen and oxygen atoms in total. The van der Waals surface area contributed by atoms with E-state index in [-0.39, 0.29) is 5.66 Å². The summed E-state index contributed by atoms with van der Waals surface area (Å²) < 4.78 is 0. The van der Waals surface area contributed by atoms with Crippen LogP contribution in [0.5, 0.6) is 0 Å². The summed E-state index contributed by atoms with van der Waals surface area (Å²) in [7, 11) is 3.31. The van der Waals surface area contributed by atoms with Crippen molar-refractivity contribution in [2.24, 2.45) is 5.10 Å². The molecule has 0 bridgehead atoms. The van der Waals surface area contributed by atoms with Crippen LogP contribution in [0.15, 0.2) is 65.8 Å². The Morgan fingerprint density at radius 1 is 1.04 bits per heavy atom. The lowest BCUT2D eigenvalue weighted by molar-refractivity contribution is 0.436. The molecular weight excluding hydrogens is 299 g/mol. The minimum absolute atomic E-state index is 0.238. The normalized spacial score (nSPS) is 12.7. The maximum absolute atomic E-state index is 5.68. The molecular formula is C20H23N2P. The van der Waals surface area contributed by atoms with Crippen LogP contribution in [-0.2, 0) is 0 Å². The van der Waals surface area contributed by atoms with Crippen molar-refractivity contribution in [2.45, 2.75) is 19.0 Å². The van der Waals surface area contributed by atoms with E-state index in [0.717, 1.165) is 5.71 Å². The summed E-state index contributed by atoms with van der Waals surface area (Å²) >= 11 is 0. The summed E-state index contributed by atoms with van der Waals surface area (Å²) in [5.74, 6) is 2.86. The quantitative estimate of drug-likeness (QED) is 0.344. The Morgan fingerprint density at radius 3 is 1.91 bits per heavy atom. The molecule has 0 aliphatic heterocycles. The molecule has 118 valence electrons. The van der Waals surface area contributed by atoms with Gasteiger partial charge >= 0.3 is 0 Å². The summed E-state index contributed by atoms with van der Waals surface area (Å²) in [6.07, 6.45) is 6.38. The molecule has 0 aliphatic carbocycles. The third-order valence-electron chi connectivity index (χ3n) is 3.53. The van der Waals surface area contributed by atoms with Gasteiger partial charge in [-0.2, -0.15) is 5.10 Å². The first-order valence-corrected chi connectivity index (χ1v) is 9.09. The summed E-state index contributed by atoms with van der Waals surface area (Å²) in [4.78, 5) is 0. The van der Waals surface area contributed by atoms with Gasteiger partial charge in [0.1, 0.15) is 0 Å². The second-order valence-electron chi connectivity index (χ2n) is 5.55. The van der Waals surface area contributed by atoms with Crippen molar-refractivity contribution in [1.82, 2.24) is 5.01 Å². The third-order valence-corrected chi connectivity index (χ3v) is 6.42. The topological polar surface area (TPSA) is 15.6 Å². The highest BCUT2D eigenvalue weighted by Gasteiger charge is 2.26. The second-order valence-corrected chi connectivity index (χ2v) is 7.95. The molecule has 2 aromatic carbocycles. The lowest BCUT2D eigenvalue weighted by Gasteiger charge is -2.28. The number of rotatable bonds is 6. The van der Waals surface area contributed by atoms with Gasteiger partial charge in [-0.05, 0) is 25.5 Å². The zero-order valence-electron chi connectivity index (χ0n) is 14.0. The number of hydrogen-bond donors (Lipinski definition) is 0. The monoisotopic (exact) mass is 322 g/mol. The van der Waals surface area contributed by atoms with E-state index in [1.54, 1.807) is 0 Å². The van der Waals surface area contributed by atoms with Crippen molar-refractivity contribution in [3.63, 3.8) is 0 Å². The molecule has 0 aromatic heterocycles. The third kappa shape index (κ3) is 4.68. The van der Waals surface area contributed by atoms with E-state index in [4.69, 9.17) is 6.42 Å². The molecule has 23 heavy (non-hydrogen) atoms. The highest BCUT2D eigenvalue weighted by atomic mass is 31.1. The average Bonchev–Trinajstić information content (AvgIpc) is 2.56. The molecule has 0 saturated heterocycles. The van der Waals surface area contributed by atoms with Crippen LogP contribution in [0.25, 0.3) is 0 Å². The molecule has 0 radical (unpaired) electrons. The minimum atomic E-state index is -0.590. The van der Waals surface area contributed by atoms with E-state index >= 15 is 0 Å². The number of hydrogen-bond acceptors (Lipinski definition) is 2. The molecule has 0 aliphatic rings. The molecule has 0 amide bonds. The number of terminal acetylenes is 1. The maximum Gasteiger partial charge on any atom is 0.0439 e. The van der Waals surface area contributed by atoms with Crippen LogP contribution in [0.4, 0.5) is 0 Å². The molecule has 2 aromatic rings. The molecule has 1 atom stereocenters. The van der Waals surface area contributed by atoms with E-state index in [1.807, 2.05) is 19.1 Å². The van der Waals surface area contributed by atoms with E-state index in [0.29, 0.717) is 6.42 Å². The zero-order chi connectivity index (χ0) is 16.7. The van der Waals surface area contributed by atoms with Gasteiger partial charge in [-0.3, -0.25) is 0 Å². The average molecular weight is 322 g/mol. The molecule has 0 spiro atoms. The van der Waals surface area contributed by atoms with Crippen LogP contribution in [0, 0.1) is 12.3 Å². The van der Waals surface area contributed by atoms with Crippen LogP contribution in [0.2, 0.25) is 0 Å². The van der Waals surface area contributed by atoms with Gasteiger partial charge in [0.05, 0.1) is 0 Å². The lowest BCUT2D eigenvalue weighted by Crippen LogP contribution is -2.28. The van der Waals surface area contributed by atoms with Crippen LogP contribution in [0.3, 0.4) is 0 Å². The molecule has 3 heteroatoms. The predicted octanol–water partition coefficient (Wildman–Crippen LogP) is 3.45. The van der Waals surface area contributed by atoms with Crippen molar-refractivity contribution >= 4 is 24.2 Å². The lowest BCUT2D eigenvalue weighted by atomic mass is 10.2. The Bertz CT molecular complexity index is 632. The van der Waals surface area contributed by atoms with Gasteiger partial charge in [-0.1, -0.05) is 60.7 Å². The van der Waals surface area contributed by atoms with Gasteiger partial charge in [0.15, 0.2) is 0 Å². The Kier molecular flexibility index (Phi) is 6.39. The van der Waals surface area contributed by atoms with Gasteiger partial charge in [0.2, 0.25) is 0 Å². The van der Waals surface area contributed by atoms with Crippen molar-refractivity contribution in [3.05, 3.63) is 60.7 Å². The standard InChI is InChI=1S/C20H23N2P/c1-5-12-20(17(2)21-22(3)4)23(18-13-8-6-9-14-18)19-15-10-7-11-16-19/h1,6-11,13-16,20H,12H2,2-4H3/b21-17+. The van der Waals surface area contributed by atoms with Crippen LogP contribution in [0.1, 0.15) is 13.3 Å². The van der Waals surface area contributed by atoms with Gasteiger partial charge in [-0.15, -0.1) is 12.3 Å². The van der Waals surface area contributed by atoms with Crippen LogP contribution in [-0.4, -0.2) is 30.5 Å². The Hall–Kier alpha value is -2.10. The zero-order valence-corrected chi connectivity index (χ0v) is 14.9. The number of benzene rings is 2. The predicted molar refractivity (Wildman–Crippen MR) is 103 cm³/mol. The van der Waals surface area contributed by atoms with Gasteiger partial charge < -0.3 is 5.01 Å². The first-order chi connectivity index (χ1) is 11.1. The Labute approximate surface area is 141 Å². The van der Waals surface area contributed by atoms with Gasteiger partial charge in [0, 0.05) is 31.9 Å². The van der Waals surface area contributed by atoms with Crippen molar-refractivity contribution in [1.29, 1.82) is 0 Å². The molecule has 0 heterocycles. The first kappa shape index (κ1) is 17.3. The summed E-state index contributed by atoms with van der Waals surface area (Å²) in [6, 6.07) is 21.3. The summed E-state index contributed by atoms with van der Waals surface area (Å²) in [5.41, 5.74) is 1.33. The molecule has 2 rings (SSSR count). The SMILES string of the molecule is C#CCC(/C(C)=N/N(C)C)P(c1ccccc1)c1ccccc1. The Balaban J connectivity index is 2.52. The molecule has 0 saturated carbocycles. The summed E-state index contributed by atoms with van der Waals surface area (Å²) in [5, 5.41) is 9.16. The van der Waals surface area contributed by atoms with E-state index < -0.39 is 7.92 Å². The van der Waals surface area contributed by atoms with Crippen molar-refractivity contribution < 1.29 is 0 Å². The second kappa shape index (κ2) is 8.51. The fraction of sp³-hybridized carbons (Fsp3) is 0.250. The fourth-order valence-corrected chi connectivity index (χ4v) is 5.32. The van der Waals surface area contributed by atoms with Crippen LogP contribution < -0.4 is 10.6 Å². The van der Waals surface area contributed by atoms with Gasteiger partial charge in [-0.25, -0.2) is 0 Å². The molecule has 0 fully saturated rings. The van der Waals surface area contributed by atoms with E-state index in [1.165, 1.54) is 10.6 Å². The van der Waals surface area contributed by atoms with Crippen molar-refractivity contribution in [3.8, 4) is 12.3 Å². The fourth-order valence-electron chi connectivity index (χ4n) is 2.61.